The van der Waals surface area contributed by atoms with Crippen molar-refractivity contribution in [2.24, 2.45) is 0 Å². The van der Waals surface area contributed by atoms with Crippen molar-refractivity contribution in [2.45, 2.75) is 58.0 Å². The average Bonchev–Trinajstić information content (AvgIpc) is 2.88. The van der Waals surface area contributed by atoms with Crippen LogP contribution in [0, 0.1) is 0 Å². The number of aromatic nitrogens is 2. The van der Waals surface area contributed by atoms with E-state index in [2.05, 4.69) is 17.3 Å². The van der Waals surface area contributed by atoms with Crippen molar-refractivity contribution >= 4 is 6.03 Å². The van der Waals surface area contributed by atoms with Gasteiger partial charge < -0.3 is 10.2 Å². The van der Waals surface area contributed by atoms with E-state index in [0.29, 0.717) is 0 Å². The second-order valence-corrected chi connectivity index (χ2v) is 5.66. The SMILES string of the molecule is C[C@H](CCn1cccn1)NC(=O)N1CCCCCCC1. The highest BCUT2D eigenvalue weighted by atomic mass is 16.2. The highest BCUT2D eigenvalue weighted by Crippen LogP contribution is 2.10. The van der Waals surface area contributed by atoms with Crippen LogP contribution in [0.1, 0.15) is 45.4 Å². The van der Waals surface area contributed by atoms with E-state index in [1.54, 1.807) is 6.20 Å². The van der Waals surface area contributed by atoms with E-state index in [4.69, 9.17) is 0 Å². The molecule has 0 unspecified atom stereocenters. The van der Waals surface area contributed by atoms with Crippen LogP contribution in [0.5, 0.6) is 0 Å². The largest absolute Gasteiger partial charge is 0.335 e. The lowest BCUT2D eigenvalue weighted by Gasteiger charge is -2.26. The summed E-state index contributed by atoms with van der Waals surface area (Å²) in [4.78, 5) is 14.2. The molecule has 2 rings (SSSR count). The van der Waals surface area contributed by atoms with E-state index >= 15 is 0 Å². The molecule has 0 saturated carbocycles. The third kappa shape index (κ3) is 4.87. The summed E-state index contributed by atoms with van der Waals surface area (Å²) in [5.41, 5.74) is 0. The van der Waals surface area contributed by atoms with Gasteiger partial charge in [-0.15, -0.1) is 0 Å². The minimum absolute atomic E-state index is 0.0971. The minimum atomic E-state index is 0.0971. The fraction of sp³-hybridized carbons (Fsp3) is 0.733. The third-order valence-corrected chi connectivity index (χ3v) is 3.86. The Kier molecular flexibility index (Phi) is 5.89. The monoisotopic (exact) mass is 278 g/mol. The van der Waals surface area contributed by atoms with Crippen molar-refractivity contribution in [3.05, 3.63) is 18.5 Å². The summed E-state index contributed by atoms with van der Waals surface area (Å²) in [5, 5.41) is 7.28. The van der Waals surface area contributed by atoms with Gasteiger partial charge in [0.05, 0.1) is 0 Å². The van der Waals surface area contributed by atoms with Gasteiger partial charge in [0.15, 0.2) is 0 Å². The van der Waals surface area contributed by atoms with E-state index < -0.39 is 0 Å². The van der Waals surface area contributed by atoms with Crippen LogP contribution < -0.4 is 5.32 Å². The van der Waals surface area contributed by atoms with Crippen molar-refractivity contribution in [1.82, 2.24) is 20.0 Å². The molecule has 5 nitrogen and oxygen atoms in total. The molecule has 0 spiro atoms. The summed E-state index contributed by atoms with van der Waals surface area (Å²) >= 11 is 0. The summed E-state index contributed by atoms with van der Waals surface area (Å²) in [6.45, 7) is 4.70. The molecule has 20 heavy (non-hydrogen) atoms. The Bertz CT molecular complexity index is 383. The van der Waals surface area contributed by atoms with Crippen LogP contribution in [0.4, 0.5) is 4.79 Å². The smallest absolute Gasteiger partial charge is 0.317 e. The van der Waals surface area contributed by atoms with Crippen molar-refractivity contribution in [2.75, 3.05) is 13.1 Å². The van der Waals surface area contributed by atoms with Crippen molar-refractivity contribution in [1.29, 1.82) is 0 Å². The van der Waals surface area contributed by atoms with Crippen molar-refractivity contribution in [3.8, 4) is 0 Å². The zero-order valence-corrected chi connectivity index (χ0v) is 12.4. The van der Waals surface area contributed by atoms with Crippen LogP contribution in [0.3, 0.4) is 0 Å². The topological polar surface area (TPSA) is 50.2 Å². The standard InChI is InChI=1S/C15H26N4O/c1-14(8-13-19-12-7-9-16-19)17-15(20)18-10-5-3-2-4-6-11-18/h7,9,12,14H,2-6,8,10-11,13H2,1H3,(H,17,20)/t14-/m1/s1. The van der Waals surface area contributed by atoms with Crippen LogP contribution in [-0.4, -0.2) is 39.8 Å². The highest BCUT2D eigenvalue weighted by molar-refractivity contribution is 5.74. The average molecular weight is 278 g/mol. The molecule has 112 valence electrons. The summed E-state index contributed by atoms with van der Waals surface area (Å²) in [6, 6.07) is 2.20. The predicted molar refractivity (Wildman–Crippen MR) is 79.5 cm³/mol. The first-order valence-corrected chi connectivity index (χ1v) is 7.78. The van der Waals surface area contributed by atoms with E-state index in [-0.39, 0.29) is 12.1 Å². The van der Waals surface area contributed by atoms with Crippen LogP contribution in [0.25, 0.3) is 0 Å². The van der Waals surface area contributed by atoms with Gasteiger partial charge in [-0.3, -0.25) is 4.68 Å². The fourth-order valence-corrected chi connectivity index (χ4v) is 2.58. The van der Waals surface area contributed by atoms with Gasteiger partial charge in [-0.1, -0.05) is 19.3 Å². The number of carbonyl (C=O) groups is 1. The van der Waals surface area contributed by atoms with Gasteiger partial charge in [0.25, 0.3) is 0 Å². The van der Waals surface area contributed by atoms with Crippen LogP contribution >= 0.6 is 0 Å². The Morgan fingerprint density at radius 3 is 2.60 bits per heavy atom. The van der Waals surface area contributed by atoms with Crippen LogP contribution in [-0.2, 0) is 6.54 Å². The normalized spacial score (nSPS) is 18.1. The zero-order chi connectivity index (χ0) is 14.2. The number of amides is 2. The molecule has 1 aromatic rings. The Balaban J connectivity index is 1.71. The molecule has 1 aliphatic rings. The molecule has 0 bridgehead atoms. The molecule has 2 heterocycles. The molecular weight excluding hydrogens is 252 g/mol. The van der Waals surface area contributed by atoms with E-state index in [0.717, 1.165) is 38.9 Å². The molecule has 5 heteroatoms. The Morgan fingerprint density at radius 1 is 1.25 bits per heavy atom. The van der Waals surface area contributed by atoms with Gasteiger partial charge in [0.2, 0.25) is 0 Å². The number of hydrogen-bond donors (Lipinski definition) is 1. The lowest BCUT2D eigenvalue weighted by Crippen LogP contribution is -2.45. The molecule has 1 aliphatic heterocycles. The molecule has 1 saturated heterocycles. The van der Waals surface area contributed by atoms with E-state index in [1.165, 1.54) is 19.3 Å². The molecule has 2 amide bonds. The van der Waals surface area contributed by atoms with E-state index in [9.17, 15) is 4.79 Å². The number of hydrogen-bond acceptors (Lipinski definition) is 2. The Labute approximate surface area is 121 Å². The second kappa shape index (κ2) is 7.92. The van der Waals surface area contributed by atoms with Crippen LogP contribution in [0.15, 0.2) is 18.5 Å². The van der Waals surface area contributed by atoms with Crippen molar-refractivity contribution in [3.63, 3.8) is 0 Å². The molecule has 0 aromatic carbocycles. The molecule has 0 aliphatic carbocycles. The number of nitrogens with zero attached hydrogens (tertiary/aromatic N) is 3. The molecule has 1 aromatic heterocycles. The lowest BCUT2D eigenvalue weighted by atomic mass is 10.1. The first-order valence-electron chi connectivity index (χ1n) is 7.78. The number of urea groups is 1. The number of likely N-dealkylation sites (tertiary alicyclic amines) is 1. The summed E-state index contributed by atoms with van der Waals surface area (Å²) in [6.07, 6.45) is 10.7. The van der Waals surface area contributed by atoms with E-state index in [1.807, 2.05) is 21.8 Å². The maximum Gasteiger partial charge on any atom is 0.317 e. The predicted octanol–water partition coefficient (Wildman–Crippen LogP) is 2.64. The van der Waals surface area contributed by atoms with Gasteiger partial charge in [-0.2, -0.15) is 5.10 Å². The molecule has 1 atom stereocenters. The Morgan fingerprint density at radius 2 is 1.95 bits per heavy atom. The summed E-state index contributed by atoms with van der Waals surface area (Å²) < 4.78 is 1.90. The minimum Gasteiger partial charge on any atom is -0.335 e. The first-order chi connectivity index (χ1) is 9.75. The van der Waals surface area contributed by atoms with Gasteiger partial charge in [-0.25, -0.2) is 4.79 Å². The fourth-order valence-electron chi connectivity index (χ4n) is 2.58. The first kappa shape index (κ1) is 14.9. The maximum absolute atomic E-state index is 12.2. The number of rotatable bonds is 4. The highest BCUT2D eigenvalue weighted by Gasteiger charge is 2.16. The van der Waals surface area contributed by atoms with Gasteiger partial charge >= 0.3 is 6.03 Å². The third-order valence-electron chi connectivity index (χ3n) is 3.86. The number of nitrogens with one attached hydrogen (secondary N) is 1. The Hall–Kier alpha value is -1.52. The second-order valence-electron chi connectivity index (χ2n) is 5.66. The molecule has 1 fully saturated rings. The van der Waals surface area contributed by atoms with Crippen LogP contribution in [0.2, 0.25) is 0 Å². The summed E-state index contributed by atoms with van der Waals surface area (Å²) in [7, 11) is 0. The van der Waals surface area contributed by atoms with Gasteiger partial charge in [0, 0.05) is 38.1 Å². The lowest BCUT2D eigenvalue weighted by molar-refractivity contribution is 0.188. The summed E-state index contributed by atoms with van der Waals surface area (Å²) in [5.74, 6) is 0. The van der Waals surface area contributed by atoms with Gasteiger partial charge in [0.1, 0.15) is 0 Å². The van der Waals surface area contributed by atoms with Gasteiger partial charge in [-0.05, 0) is 32.3 Å². The maximum atomic E-state index is 12.2. The number of carbonyl (C=O) groups excluding carboxylic acids is 1. The molecular formula is C15H26N4O. The zero-order valence-electron chi connectivity index (χ0n) is 12.4. The molecule has 0 radical (unpaired) electrons. The number of aryl methyl sites for hydroxylation is 1. The van der Waals surface area contributed by atoms with Crippen molar-refractivity contribution < 1.29 is 4.79 Å². The molecule has 1 N–H and O–H groups in total. The quantitative estimate of drug-likeness (QED) is 0.920.